The highest BCUT2D eigenvalue weighted by Gasteiger charge is 2.39. The standard InChI is InChI=1S/C25H35NO2/c1-19(2)24-17-25(14-16-28-24,22-9-5-20(3)6-10-22)13-15-26-18-21-7-11-23(27-4)12-8-21/h5-12,19,24,26H,13-18H2,1-4H3/p+1/t24-,25-/m1/s1. The fourth-order valence-corrected chi connectivity index (χ4v) is 4.33. The van der Waals surface area contributed by atoms with Gasteiger partial charge in [0.05, 0.1) is 19.8 Å². The van der Waals surface area contributed by atoms with Gasteiger partial charge >= 0.3 is 0 Å². The van der Waals surface area contributed by atoms with Crippen LogP contribution in [0.1, 0.15) is 49.8 Å². The van der Waals surface area contributed by atoms with Crippen LogP contribution in [-0.2, 0) is 16.7 Å². The van der Waals surface area contributed by atoms with E-state index >= 15 is 0 Å². The Labute approximate surface area is 170 Å². The van der Waals surface area contributed by atoms with E-state index < -0.39 is 0 Å². The van der Waals surface area contributed by atoms with E-state index in [0.717, 1.165) is 38.3 Å². The number of hydrogen-bond donors (Lipinski definition) is 1. The monoisotopic (exact) mass is 382 g/mol. The molecule has 0 bridgehead atoms. The Morgan fingerprint density at radius 1 is 1.11 bits per heavy atom. The Kier molecular flexibility index (Phi) is 7.14. The molecular formula is C25H36NO2+. The number of nitrogens with two attached hydrogens (primary N) is 1. The summed E-state index contributed by atoms with van der Waals surface area (Å²) in [5.41, 5.74) is 4.40. The maximum atomic E-state index is 6.12. The van der Waals surface area contributed by atoms with Crippen molar-refractivity contribution < 1.29 is 14.8 Å². The van der Waals surface area contributed by atoms with Crippen LogP contribution in [0.15, 0.2) is 48.5 Å². The molecule has 1 heterocycles. The molecule has 0 aromatic heterocycles. The average molecular weight is 383 g/mol. The van der Waals surface area contributed by atoms with Gasteiger partial charge in [0.15, 0.2) is 0 Å². The van der Waals surface area contributed by atoms with Crippen molar-refractivity contribution in [1.82, 2.24) is 0 Å². The number of quaternary nitrogens is 1. The minimum Gasteiger partial charge on any atom is -0.497 e. The first-order valence-electron chi connectivity index (χ1n) is 10.7. The first kappa shape index (κ1) is 20.9. The molecule has 0 saturated carbocycles. The molecule has 0 unspecified atom stereocenters. The molecule has 0 spiro atoms. The van der Waals surface area contributed by atoms with Crippen molar-refractivity contribution in [2.24, 2.45) is 5.92 Å². The molecule has 1 aliphatic rings. The molecule has 152 valence electrons. The van der Waals surface area contributed by atoms with Gasteiger partial charge in [0.2, 0.25) is 0 Å². The summed E-state index contributed by atoms with van der Waals surface area (Å²) in [5.74, 6) is 1.48. The number of methoxy groups -OCH3 is 1. The lowest BCUT2D eigenvalue weighted by atomic mass is 9.68. The van der Waals surface area contributed by atoms with Crippen molar-refractivity contribution in [3.63, 3.8) is 0 Å². The second-order valence-electron chi connectivity index (χ2n) is 8.63. The lowest BCUT2D eigenvalue weighted by Crippen LogP contribution is -2.83. The third-order valence-corrected chi connectivity index (χ3v) is 6.28. The molecule has 1 fully saturated rings. The van der Waals surface area contributed by atoms with Crippen molar-refractivity contribution in [2.45, 2.75) is 58.1 Å². The Morgan fingerprint density at radius 2 is 1.82 bits per heavy atom. The summed E-state index contributed by atoms with van der Waals surface area (Å²) < 4.78 is 11.4. The number of benzene rings is 2. The van der Waals surface area contributed by atoms with Crippen LogP contribution in [0.25, 0.3) is 0 Å². The van der Waals surface area contributed by atoms with E-state index in [1.807, 2.05) is 12.1 Å². The smallest absolute Gasteiger partial charge is 0.118 e. The molecule has 2 aromatic carbocycles. The molecule has 1 aliphatic heterocycles. The quantitative estimate of drug-likeness (QED) is 0.694. The normalized spacial score (nSPS) is 22.4. The Balaban J connectivity index is 1.66. The van der Waals surface area contributed by atoms with Crippen LogP contribution < -0.4 is 10.1 Å². The van der Waals surface area contributed by atoms with Crippen LogP contribution in [0, 0.1) is 12.8 Å². The van der Waals surface area contributed by atoms with E-state index in [1.165, 1.54) is 23.1 Å². The second kappa shape index (κ2) is 9.58. The van der Waals surface area contributed by atoms with E-state index in [-0.39, 0.29) is 5.41 Å². The second-order valence-corrected chi connectivity index (χ2v) is 8.63. The first-order valence-corrected chi connectivity index (χ1v) is 10.7. The number of aryl methyl sites for hydroxylation is 1. The van der Waals surface area contributed by atoms with Crippen LogP contribution in [0.5, 0.6) is 5.75 Å². The van der Waals surface area contributed by atoms with Gasteiger partial charge in [0.25, 0.3) is 0 Å². The summed E-state index contributed by atoms with van der Waals surface area (Å²) in [6.07, 6.45) is 3.80. The van der Waals surface area contributed by atoms with Gasteiger partial charge in [-0.25, -0.2) is 0 Å². The van der Waals surface area contributed by atoms with Crippen LogP contribution in [0.4, 0.5) is 0 Å². The molecular weight excluding hydrogens is 346 g/mol. The third-order valence-electron chi connectivity index (χ3n) is 6.28. The Bertz CT molecular complexity index is 723. The Morgan fingerprint density at radius 3 is 2.46 bits per heavy atom. The lowest BCUT2D eigenvalue weighted by Gasteiger charge is -2.42. The van der Waals surface area contributed by atoms with Gasteiger partial charge in [0.1, 0.15) is 12.3 Å². The van der Waals surface area contributed by atoms with Crippen molar-refractivity contribution >= 4 is 0 Å². The van der Waals surface area contributed by atoms with Crippen molar-refractivity contribution in [3.8, 4) is 5.75 Å². The first-order chi connectivity index (χ1) is 13.5. The highest BCUT2D eigenvalue weighted by atomic mass is 16.5. The number of hydrogen-bond acceptors (Lipinski definition) is 2. The van der Waals surface area contributed by atoms with E-state index in [2.05, 4.69) is 62.5 Å². The summed E-state index contributed by atoms with van der Waals surface area (Å²) in [5, 5.41) is 2.44. The maximum absolute atomic E-state index is 6.12. The van der Waals surface area contributed by atoms with Gasteiger partial charge in [-0.1, -0.05) is 43.7 Å². The molecule has 2 aromatic rings. The summed E-state index contributed by atoms with van der Waals surface area (Å²) in [6.45, 7) is 9.75. The van der Waals surface area contributed by atoms with Gasteiger partial charge < -0.3 is 14.8 Å². The molecule has 0 radical (unpaired) electrons. The minimum atomic E-state index is 0.233. The Hall–Kier alpha value is -1.84. The van der Waals surface area contributed by atoms with Crippen LogP contribution in [-0.4, -0.2) is 26.4 Å². The predicted octanol–water partition coefficient (Wildman–Crippen LogP) is 4.23. The topological polar surface area (TPSA) is 35.1 Å². The average Bonchev–Trinajstić information content (AvgIpc) is 2.72. The zero-order valence-electron chi connectivity index (χ0n) is 17.9. The summed E-state index contributed by atoms with van der Waals surface area (Å²) in [7, 11) is 1.71. The van der Waals surface area contributed by atoms with Gasteiger partial charge in [-0.15, -0.1) is 0 Å². The van der Waals surface area contributed by atoms with Gasteiger partial charge in [-0.3, -0.25) is 0 Å². The fraction of sp³-hybridized carbons (Fsp3) is 0.520. The van der Waals surface area contributed by atoms with Crippen LogP contribution >= 0.6 is 0 Å². The lowest BCUT2D eigenvalue weighted by molar-refractivity contribution is -0.671. The van der Waals surface area contributed by atoms with Crippen molar-refractivity contribution in [1.29, 1.82) is 0 Å². The third kappa shape index (κ3) is 5.15. The molecule has 0 amide bonds. The molecule has 2 atom stereocenters. The molecule has 3 rings (SSSR count). The fourth-order valence-electron chi connectivity index (χ4n) is 4.33. The molecule has 3 nitrogen and oxygen atoms in total. The number of ether oxygens (including phenoxy) is 2. The summed E-state index contributed by atoms with van der Waals surface area (Å²) in [4.78, 5) is 0. The van der Waals surface area contributed by atoms with E-state index in [1.54, 1.807) is 7.11 Å². The largest absolute Gasteiger partial charge is 0.497 e. The minimum absolute atomic E-state index is 0.233. The van der Waals surface area contributed by atoms with Crippen molar-refractivity contribution in [2.75, 3.05) is 20.3 Å². The van der Waals surface area contributed by atoms with Gasteiger partial charge in [-0.05, 0) is 55.5 Å². The van der Waals surface area contributed by atoms with Gasteiger partial charge in [-0.2, -0.15) is 0 Å². The van der Waals surface area contributed by atoms with Crippen molar-refractivity contribution in [3.05, 3.63) is 65.2 Å². The zero-order chi connectivity index (χ0) is 20.0. The zero-order valence-corrected chi connectivity index (χ0v) is 17.9. The molecule has 2 N–H and O–H groups in total. The van der Waals surface area contributed by atoms with Crippen LogP contribution in [0.3, 0.4) is 0 Å². The predicted molar refractivity (Wildman–Crippen MR) is 115 cm³/mol. The molecule has 3 heteroatoms. The summed E-state index contributed by atoms with van der Waals surface area (Å²) >= 11 is 0. The van der Waals surface area contributed by atoms with E-state index in [9.17, 15) is 0 Å². The van der Waals surface area contributed by atoms with Crippen LogP contribution in [0.2, 0.25) is 0 Å². The summed E-state index contributed by atoms with van der Waals surface area (Å²) in [6, 6.07) is 17.6. The van der Waals surface area contributed by atoms with E-state index in [0.29, 0.717) is 12.0 Å². The molecule has 28 heavy (non-hydrogen) atoms. The molecule has 0 aliphatic carbocycles. The highest BCUT2D eigenvalue weighted by molar-refractivity contribution is 5.30. The highest BCUT2D eigenvalue weighted by Crippen LogP contribution is 2.41. The van der Waals surface area contributed by atoms with E-state index in [4.69, 9.17) is 9.47 Å². The SMILES string of the molecule is COc1ccc(C[NH2+]CC[C@@]2(c3ccc(C)cc3)CCO[C@@H](C(C)C)C2)cc1. The van der Waals surface area contributed by atoms with Gasteiger partial charge in [0, 0.05) is 24.0 Å². The maximum Gasteiger partial charge on any atom is 0.118 e. The molecule has 1 saturated heterocycles. The number of rotatable bonds is 8.